The molecule has 2 heterocycles. The number of piperazine rings is 1. The number of amides is 1. The largest absolute Gasteiger partial charge is 0.363 e. The molecule has 2 aromatic rings. The van der Waals surface area contributed by atoms with Crippen molar-refractivity contribution in [3.63, 3.8) is 0 Å². The second-order valence-electron chi connectivity index (χ2n) is 8.93. The van der Waals surface area contributed by atoms with Crippen LogP contribution >= 0.6 is 0 Å². The number of halogens is 1. The number of nitrogens with zero attached hydrogens (tertiary/aromatic N) is 2. The summed E-state index contributed by atoms with van der Waals surface area (Å²) in [5.74, 6) is -0.0539. The number of carbonyl (C=O) groups excluding carboxylic acids is 1. The summed E-state index contributed by atoms with van der Waals surface area (Å²) in [5, 5.41) is 2.61. The second kappa shape index (κ2) is 11.0. The molecule has 1 N–H and O–H groups in total. The molecular formula is C26H34FN3O2. The first-order chi connectivity index (χ1) is 15.6. The van der Waals surface area contributed by atoms with Crippen molar-refractivity contribution in [2.45, 2.75) is 45.4 Å². The van der Waals surface area contributed by atoms with E-state index in [0.717, 1.165) is 64.2 Å². The SMILES string of the molecule is CCC(=O)Nc1ccc(CC2CCOC(N3CCN(Cc4ccccc4)CC3)C2)cc1F. The molecule has 5 nitrogen and oxygen atoms in total. The number of benzene rings is 2. The average molecular weight is 440 g/mol. The van der Waals surface area contributed by atoms with Gasteiger partial charge >= 0.3 is 0 Å². The van der Waals surface area contributed by atoms with Gasteiger partial charge in [0.25, 0.3) is 0 Å². The molecule has 4 rings (SSSR count). The highest BCUT2D eigenvalue weighted by molar-refractivity contribution is 5.90. The maximum Gasteiger partial charge on any atom is 0.224 e. The predicted octanol–water partition coefficient (Wildman–Crippen LogP) is 4.29. The molecule has 2 saturated heterocycles. The maximum absolute atomic E-state index is 14.4. The van der Waals surface area contributed by atoms with E-state index in [1.807, 2.05) is 6.07 Å². The monoisotopic (exact) mass is 439 g/mol. The summed E-state index contributed by atoms with van der Waals surface area (Å²) in [7, 11) is 0. The molecule has 0 aromatic heterocycles. The molecule has 0 radical (unpaired) electrons. The van der Waals surface area contributed by atoms with Crippen molar-refractivity contribution in [1.29, 1.82) is 0 Å². The van der Waals surface area contributed by atoms with Gasteiger partial charge in [-0.05, 0) is 48.4 Å². The number of rotatable bonds is 7. The van der Waals surface area contributed by atoms with Crippen molar-refractivity contribution in [2.24, 2.45) is 5.92 Å². The van der Waals surface area contributed by atoms with Crippen LogP contribution < -0.4 is 5.32 Å². The van der Waals surface area contributed by atoms with E-state index < -0.39 is 0 Å². The van der Waals surface area contributed by atoms with E-state index in [2.05, 4.69) is 45.4 Å². The van der Waals surface area contributed by atoms with E-state index in [4.69, 9.17) is 4.74 Å². The summed E-state index contributed by atoms with van der Waals surface area (Å²) in [4.78, 5) is 16.5. The summed E-state index contributed by atoms with van der Waals surface area (Å²) in [6.45, 7) is 7.66. The van der Waals surface area contributed by atoms with Gasteiger partial charge in [-0.15, -0.1) is 0 Å². The molecule has 2 aliphatic heterocycles. The molecule has 0 spiro atoms. The Balaban J connectivity index is 1.27. The molecule has 2 atom stereocenters. The summed E-state index contributed by atoms with van der Waals surface area (Å²) in [5.41, 5.74) is 2.61. The summed E-state index contributed by atoms with van der Waals surface area (Å²) in [6, 6.07) is 15.8. The van der Waals surface area contributed by atoms with Crippen LogP contribution in [-0.2, 0) is 22.5 Å². The number of hydrogen-bond acceptors (Lipinski definition) is 4. The zero-order valence-electron chi connectivity index (χ0n) is 18.9. The Morgan fingerprint density at radius 2 is 1.88 bits per heavy atom. The third kappa shape index (κ3) is 6.15. The smallest absolute Gasteiger partial charge is 0.224 e. The van der Waals surface area contributed by atoms with Gasteiger partial charge in [0.2, 0.25) is 5.91 Å². The lowest BCUT2D eigenvalue weighted by molar-refractivity contribution is -0.116. The molecule has 172 valence electrons. The van der Waals surface area contributed by atoms with E-state index in [-0.39, 0.29) is 23.6 Å². The minimum Gasteiger partial charge on any atom is -0.363 e. The molecule has 0 bridgehead atoms. The molecule has 32 heavy (non-hydrogen) atoms. The van der Waals surface area contributed by atoms with E-state index in [9.17, 15) is 9.18 Å². The zero-order chi connectivity index (χ0) is 22.3. The fourth-order valence-electron chi connectivity index (χ4n) is 4.69. The highest BCUT2D eigenvalue weighted by Gasteiger charge is 2.30. The van der Waals surface area contributed by atoms with Crippen molar-refractivity contribution in [2.75, 3.05) is 38.1 Å². The van der Waals surface area contributed by atoms with Gasteiger partial charge in [-0.25, -0.2) is 4.39 Å². The van der Waals surface area contributed by atoms with Crippen LogP contribution in [0.5, 0.6) is 0 Å². The Labute approximate surface area is 190 Å². The molecule has 0 saturated carbocycles. The van der Waals surface area contributed by atoms with Crippen LogP contribution in [-0.4, -0.2) is 54.7 Å². The van der Waals surface area contributed by atoms with Gasteiger partial charge in [0.1, 0.15) is 12.0 Å². The van der Waals surface area contributed by atoms with Gasteiger partial charge in [0.05, 0.1) is 5.69 Å². The van der Waals surface area contributed by atoms with Gasteiger partial charge in [-0.1, -0.05) is 43.3 Å². The Morgan fingerprint density at radius 1 is 1.09 bits per heavy atom. The topological polar surface area (TPSA) is 44.8 Å². The molecule has 2 aromatic carbocycles. The van der Waals surface area contributed by atoms with Crippen LogP contribution in [0, 0.1) is 11.7 Å². The molecule has 2 aliphatic rings. The highest BCUT2D eigenvalue weighted by Crippen LogP contribution is 2.28. The van der Waals surface area contributed by atoms with Crippen molar-refractivity contribution >= 4 is 11.6 Å². The molecule has 6 heteroatoms. The van der Waals surface area contributed by atoms with Crippen LogP contribution in [0.25, 0.3) is 0 Å². The van der Waals surface area contributed by atoms with Crippen molar-refractivity contribution < 1.29 is 13.9 Å². The fourth-order valence-corrected chi connectivity index (χ4v) is 4.69. The first-order valence-electron chi connectivity index (χ1n) is 11.8. The normalized spacial score (nSPS) is 22.6. The van der Waals surface area contributed by atoms with Crippen molar-refractivity contribution in [3.8, 4) is 0 Å². The van der Waals surface area contributed by atoms with Crippen molar-refractivity contribution in [3.05, 3.63) is 65.5 Å². The third-order valence-corrected chi connectivity index (χ3v) is 6.59. The number of hydrogen-bond donors (Lipinski definition) is 1. The zero-order valence-corrected chi connectivity index (χ0v) is 18.9. The third-order valence-electron chi connectivity index (χ3n) is 6.59. The average Bonchev–Trinajstić information content (AvgIpc) is 2.82. The van der Waals surface area contributed by atoms with Gasteiger partial charge in [0.15, 0.2) is 0 Å². The lowest BCUT2D eigenvalue weighted by atomic mass is 9.90. The molecule has 1 amide bonds. The molecular weight excluding hydrogens is 405 g/mol. The van der Waals surface area contributed by atoms with Crippen molar-refractivity contribution in [1.82, 2.24) is 9.80 Å². The summed E-state index contributed by atoms with van der Waals surface area (Å²) >= 11 is 0. The number of carbonyl (C=O) groups is 1. The quantitative estimate of drug-likeness (QED) is 0.699. The predicted molar refractivity (Wildman–Crippen MR) is 125 cm³/mol. The van der Waals surface area contributed by atoms with Gasteiger partial charge < -0.3 is 10.1 Å². The van der Waals surface area contributed by atoms with Gasteiger partial charge in [0, 0.05) is 45.8 Å². The summed E-state index contributed by atoms with van der Waals surface area (Å²) < 4.78 is 20.5. The Bertz CT molecular complexity index is 884. The van der Waals surface area contributed by atoms with Gasteiger partial charge in [-0.3, -0.25) is 14.6 Å². The maximum atomic E-state index is 14.4. The van der Waals surface area contributed by atoms with E-state index in [0.29, 0.717) is 12.3 Å². The molecule has 0 aliphatic carbocycles. The standard InChI is InChI=1S/C26H34FN3O2/c1-2-25(31)28-24-9-8-21(17-23(24)27)16-22-10-15-32-26(18-22)30-13-11-29(12-14-30)19-20-6-4-3-5-7-20/h3-9,17,22,26H,2,10-16,18-19H2,1H3,(H,28,31). The first-order valence-corrected chi connectivity index (χ1v) is 11.8. The lowest BCUT2D eigenvalue weighted by Crippen LogP contribution is -2.52. The highest BCUT2D eigenvalue weighted by atomic mass is 19.1. The van der Waals surface area contributed by atoms with Crippen LogP contribution in [0.1, 0.15) is 37.3 Å². The lowest BCUT2D eigenvalue weighted by Gasteiger charge is -2.42. The van der Waals surface area contributed by atoms with E-state index >= 15 is 0 Å². The Kier molecular flexibility index (Phi) is 7.90. The van der Waals surface area contributed by atoms with E-state index in [1.54, 1.807) is 19.1 Å². The van der Waals surface area contributed by atoms with Crippen LogP contribution in [0.4, 0.5) is 10.1 Å². The molecule has 2 fully saturated rings. The minimum atomic E-state index is -0.359. The Morgan fingerprint density at radius 3 is 2.59 bits per heavy atom. The second-order valence-corrected chi connectivity index (χ2v) is 8.93. The fraction of sp³-hybridized carbons (Fsp3) is 0.500. The van der Waals surface area contributed by atoms with Crippen LogP contribution in [0.15, 0.2) is 48.5 Å². The number of nitrogens with one attached hydrogen (secondary N) is 1. The van der Waals surface area contributed by atoms with Crippen LogP contribution in [0.2, 0.25) is 0 Å². The van der Waals surface area contributed by atoms with E-state index in [1.165, 1.54) is 5.56 Å². The first kappa shape index (κ1) is 22.9. The van der Waals surface area contributed by atoms with Gasteiger partial charge in [-0.2, -0.15) is 0 Å². The summed E-state index contributed by atoms with van der Waals surface area (Å²) in [6.07, 6.45) is 3.31. The number of ether oxygens (including phenoxy) is 1. The van der Waals surface area contributed by atoms with Crippen LogP contribution in [0.3, 0.4) is 0 Å². The molecule has 2 unspecified atom stereocenters. The Hall–Kier alpha value is -2.28. The minimum absolute atomic E-state index is 0.153. The number of anilines is 1.